The van der Waals surface area contributed by atoms with Crippen LogP contribution < -0.4 is 4.74 Å². The Kier molecular flexibility index (Phi) is 6.66. The molecule has 1 aliphatic rings. The summed E-state index contributed by atoms with van der Waals surface area (Å²) < 4.78 is 5.60. The normalized spacial score (nSPS) is 15.7. The summed E-state index contributed by atoms with van der Waals surface area (Å²) in [5, 5.41) is 6.45. The number of amides is 1. The van der Waals surface area contributed by atoms with Crippen molar-refractivity contribution in [3.05, 3.63) is 101 Å². The van der Waals surface area contributed by atoms with Crippen molar-refractivity contribution in [3.8, 4) is 5.75 Å². The molecule has 1 heterocycles. The monoisotopic (exact) mass is 427 g/mol. The van der Waals surface area contributed by atoms with Crippen molar-refractivity contribution in [2.24, 2.45) is 5.10 Å². The summed E-state index contributed by atoms with van der Waals surface area (Å²) in [5.74, 6) is 0.745. The smallest absolute Gasteiger partial charge is 0.257 e. The maximum absolute atomic E-state index is 13.4. The van der Waals surface area contributed by atoms with E-state index in [-0.39, 0.29) is 18.5 Å². The van der Waals surface area contributed by atoms with Crippen LogP contribution in [0.15, 0.2) is 84.0 Å². The molecular weight excluding hydrogens is 398 g/mol. The fourth-order valence-electron chi connectivity index (χ4n) is 4.10. The van der Waals surface area contributed by atoms with E-state index in [1.54, 1.807) is 12.1 Å². The lowest BCUT2D eigenvalue weighted by molar-refractivity contribution is -0.134. The molecule has 0 aromatic heterocycles. The number of ether oxygens (including phenoxy) is 1. The van der Waals surface area contributed by atoms with Crippen LogP contribution in [-0.4, -0.2) is 42.2 Å². The zero-order chi connectivity index (χ0) is 22.5. The zero-order valence-corrected chi connectivity index (χ0v) is 18.9. The SMILES string of the molecule is COc1ccccc1C1CC(c2ccc(C)cc2)=NN1C(=O)CN(C)Cc1ccccc1. The molecule has 4 rings (SSSR count). The lowest BCUT2D eigenvalue weighted by atomic mass is 9.97. The first-order chi connectivity index (χ1) is 15.5. The average Bonchev–Trinajstić information content (AvgIpc) is 3.25. The topological polar surface area (TPSA) is 45.1 Å². The number of hydrogen-bond acceptors (Lipinski definition) is 4. The van der Waals surface area contributed by atoms with Crippen LogP contribution in [0.2, 0.25) is 0 Å². The molecule has 0 fully saturated rings. The fraction of sp³-hybridized carbons (Fsp3) is 0.259. The van der Waals surface area contributed by atoms with Crippen LogP contribution in [0.5, 0.6) is 5.75 Å². The number of rotatable bonds is 7. The number of hydrazone groups is 1. The van der Waals surface area contributed by atoms with Crippen molar-refractivity contribution in [3.63, 3.8) is 0 Å². The van der Waals surface area contributed by atoms with E-state index in [2.05, 4.69) is 43.3 Å². The summed E-state index contributed by atoms with van der Waals surface area (Å²) >= 11 is 0. The molecule has 1 atom stereocenters. The lowest BCUT2D eigenvalue weighted by Crippen LogP contribution is -2.36. The van der Waals surface area contributed by atoms with Crippen molar-refractivity contribution in [2.45, 2.75) is 25.9 Å². The third-order valence-corrected chi connectivity index (χ3v) is 5.75. The van der Waals surface area contributed by atoms with Gasteiger partial charge in [0.05, 0.1) is 25.4 Å². The average molecular weight is 428 g/mol. The minimum Gasteiger partial charge on any atom is -0.496 e. The van der Waals surface area contributed by atoms with Gasteiger partial charge in [-0.25, -0.2) is 5.01 Å². The van der Waals surface area contributed by atoms with E-state index in [0.29, 0.717) is 13.0 Å². The third-order valence-electron chi connectivity index (χ3n) is 5.75. The second kappa shape index (κ2) is 9.79. The second-order valence-corrected chi connectivity index (χ2v) is 8.27. The molecule has 0 radical (unpaired) electrons. The predicted octanol–water partition coefficient (Wildman–Crippen LogP) is 4.81. The van der Waals surface area contributed by atoms with Crippen molar-refractivity contribution in [1.29, 1.82) is 0 Å². The Morgan fingerprint density at radius 1 is 1.03 bits per heavy atom. The van der Waals surface area contributed by atoms with Gasteiger partial charge in [0.15, 0.2) is 0 Å². The summed E-state index contributed by atoms with van der Waals surface area (Å²) in [6.45, 7) is 3.05. The van der Waals surface area contributed by atoms with E-state index < -0.39 is 0 Å². The van der Waals surface area contributed by atoms with Crippen LogP contribution in [0, 0.1) is 6.92 Å². The Morgan fingerprint density at radius 3 is 2.44 bits per heavy atom. The van der Waals surface area contributed by atoms with Crippen molar-refractivity contribution in [2.75, 3.05) is 20.7 Å². The van der Waals surface area contributed by atoms with Crippen LogP contribution in [0.4, 0.5) is 0 Å². The standard InChI is InChI=1S/C27H29N3O2/c1-20-13-15-22(16-14-20)24-17-25(23-11-7-8-12-26(23)32-3)30(28-24)27(31)19-29(2)18-21-9-5-4-6-10-21/h4-16,25H,17-19H2,1-3H3. The zero-order valence-electron chi connectivity index (χ0n) is 18.9. The third kappa shape index (κ3) is 4.89. The Morgan fingerprint density at radius 2 is 1.72 bits per heavy atom. The molecule has 1 aliphatic heterocycles. The predicted molar refractivity (Wildman–Crippen MR) is 128 cm³/mol. The number of hydrogen-bond donors (Lipinski definition) is 0. The summed E-state index contributed by atoms with van der Waals surface area (Å²) in [4.78, 5) is 15.4. The molecule has 164 valence electrons. The maximum atomic E-state index is 13.4. The highest BCUT2D eigenvalue weighted by Gasteiger charge is 2.34. The first-order valence-electron chi connectivity index (χ1n) is 10.9. The minimum atomic E-state index is -0.194. The van der Waals surface area contributed by atoms with Crippen LogP contribution >= 0.6 is 0 Å². The molecular formula is C27H29N3O2. The highest BCUT2D eigenvalue weighted by molar-refractivity contribution is 6.03. The molecule has 0 saturated heterocycles. The van der Waals surface area contributed by atoms with Gasteiger partial charge in [-0.3, -0.25) is 9.69 Å². The largest absolute Gasteiger partial charge is 0.496 e. The van der Waals surface area contributed by atoms with Gasteiger partial charge in [0.2, 0.25) is 0 Å². The molecule has 5 nitrogen and oxygen atoms in total. The van der Waals surface area contributed by atoms with Gasteiger partial charge in [-0.2, -0.15) is 5.10 Å². The van der Waals surface area contributed by atoms with Gasteiger partial charge in [-0.05, 0) is 31.2 Å². The molecule has 5 heteroatoms. The summed E-state index contributed by atoms with van der Waals surface area (Å²) in [6.07, 6.45) is 0.650. The number of carbonyl (C=O) groups excluding carboxylic acids is 1. The highest BCUT2D eigenvalue weighted by atomic mass is 16.5. The van der Waals surface area contributed by atoms with Crippen molar-refractivity contribution in [1.82, 2.24) is 9.91 Å². The minimum absolute atomic E-state index is 0.0264. The quantitative estimate of drug-likeness (QED) is 0.543. The Bertz CT molecular complexity index is 1090. The molecule has 0 spiro atoms. The number of benzene rings is 3. The van der Waals surface area contributed by atoms with Gasteiger partial charge >= 0.3 is 0 Å². The molecule has 0 aliphatic carbocycles. The summed E-state index contributed by atoms with van der Waals surface area (Å²) in [6, 6.07) is 26.2. The number of methoxy groups -OCH3 is 1. The molecule has 3 aromatic carbocycles. The van der Waals surface area contributed by atoms with E-state index >= 15 is 0 Å². The van der Waals surface area contributed by atoms with E-state index in [9.17, 15) is 4.79 Å². The van der Waals surface area contributed by atoms with Gasteiger partial charge in [0.25, 0.3) is 5.91 Å². The number of nitrogens with zero attached hydrogens (tertiary/aromatic N) is 3. The Labute approximate surface area is 189 Å². The van der Waals surface area contributed by atoms with Crippen LogP contribution in [0.1, 0.15) is 34.7 Å². The van der Waals surface area contributed by atoms with Gasteiger partial charge < -0.3 is 4.74 Å². The van der Waals surface area contributed by atoms with Gasteiger partial charge in [0.1, 0.15) is 5.75 Å². The molecule has 0 bridgehead atoms. The Balaban J connectivity index is 1.59. The molecule has 0 N–H and O–H groups in total. The van der Waals surface area contributed by atoms with Crippen molar-refractivity contribution >= 4 is 11.6 Å². The van der Waals surface area contributed by atoms with Crippen LogP contribution in [-0.2, 0) is 11.3 Å². The first kappa shape index (κ1) is 21.8. The second-order valence-electron chi connectivity index (χ2n) is 8.27. The lowest BCUT2D eigenvalue weighted by Gasteiger charge is -2.25. The molecule has 3 aromatic rings. The fourth-order valence-corrected chi connectivity index (χ4v) is 4.10. The summed E-state index contributed by atoms with van der Waals surface area (Å²) in [5.41, 5.74) is 5.31. The van der Waals surface area contributed by atoms with E-state index in [0.717, 1.165) is 22.6 Å². The van der Waals surface area contributed by atoms with Crippen LogP contribution in [0.3, 0.4) is 0 Å². The van der Waals surface area contributed by atoms with Gasteiger partial charge in [-0.1, -0.05) is 78.4 Å². The molecule has 1 amide bonds. The van der Waals surface area contributed by atoms with Gasteiger partial charge in [-0.15, -0.1) is 0 Å². The highest BCUT2D eigenvalue weighted by Crippen LogP contribution is 2.37. The first-order valence-corrected chi connectivity index (χ1v) is 10.9. The number of para-hydroxylation sites is 1. The molecule has 32 heavy (non-hydrogen) atoms. The van der Waals surface area contributed by atoms with Gasteiger partial charge in [0, 0.05) is 18.5 Å². The van der Waals surface area contributed by atoms with Crippen LogP contribution in [0.25, 0.3) is 0 Å². The van der Waals surface area contributed by atoms with E-state index in [1.807, 2.05) is 54.4 Å². The molecule has 0 saturated carbocycles. The molecule has 1 unspecified atom stereocenters. The van der Waals surface area contributed by atoms with E-state index in [4.69, 9.17) is 9.84 Å². The van der Waals surface area contributed by atoms with E-state index in [1.165, 1.54) is 11.1 Å². The Hall–Kier alpha value is -3.44. The maximum Gasteiger partial charge on any atom is 0.257 e. The summed E-state index contributed by atoms with van der Waals surface area (Å²) in [7, 11) is 3.62. The number of aryl methyl sites for hydroxylation is 1. The number of likely N-dealkylation sites (N-methyl/N-ethyl adjacent to an activating group) is 1. The number of carbonyl (C=O) groups is 1. The van der Waals surface area contributed by atoms with Crippen molar-refractivity contribution < 1.29 is 9.53 Å².